The van der Waals surface area contributed by atoms with Crippen molar-refractivity contribution in [3.05, 3.63) is 30.3 Å². The number of likely N-dealkylation sites (tertiary alicyclic amines) is 1. The number of para-hydroxylation sites is 1. The van der Waals surface area contributed by atoms with E-state index in [1.807, 2.05) is 35.2 Å². The third-order valence-corrected chi connectivity index (χ3v) is 5.19. The van der Waals surface area contributed by atoms with Crippen LogP contribution in [0.15, 0.2) is 30.3 Å². The summed E-state index contributed by atoms with van der Waals surface area (Å²) < 4.78 is 0. The molecule has 2 heterocycles. The molecule has 2 amide bonds. The lowest BCUT2D eigenvalue weighted by molar-refractivity contribution is -0.134. The summed E-state index contributed by atoms with van der Waals surface area (Å²) in [6.07, 6.45) is 4.34. The predicted octanol–water partition coefficient (Wildman–Crippen LogP) is 2.68. The zero-order chi connectivity index (χ0) is 16.8. The van der Waals surface area contributed by atoms with Crippen molar-refractivity contribution < 1.29 is 9.59 Å². The number of hydrogen-bond acceptors (Lipinski definition) is 3. The molecule has 3 rings (SSSR count). The molecule has 2 fully saturated rings. The lowest BCUT2D eigenvalue weighted by Crippen LogP contribution is -2.41. The summed E-state index contributed by atoms with van der Waals surface area (Å²) in [6.45, 7) is 3.54. The third kappa shape index (κ3) is 5.72. The van der Waals surface area contributed by atoms with Gasteiger partial charge in [0.25, 0.3) is 0 Å². The minimum absolute atomic E-state index is 0. The molecule has 6 heteroatoms. The van der Waals surface area contributed by atoms with Gasteiger partial charge in [-0.15, -0.1) is 12.4 Å². The van der Waals surface area contributed by atoms with Crippen LogP contribution in [0.1, 0.15) is 32.1 Å². The van der Waals surface area contributed by atoms with Crippen LogP contribution in [0.2, 0.25) is 0 Å². The van der Waals surface area contributed by atoms with Crippen molar-refractivity contribution in [1.29, 1.82) is 0 Å². The summed E-state index contributed by atoms with van der Waals surface area (Å²) in [5.74, 6) is 0.991. The van der Waals surface area contributed by atoms with Gasteiger partial charge in [-0.25, -0.2) is 0 Å². The quantitative estimate of drug-likeness (QED) is 0.843. The fraction of sp³-hybridized carbons (Fsp3) is 0.579. The van der Waals surface area contributed by atoms with Crippen molar-refractivity contribution in [3.8, 4) is 0 Å². The number of anilines is 1. The zero-order valence-electron chi connectivity index (χ0n) is 14.6. The maximum absolute atomic E-state index is 12.3. The second-order valence-electron chi connectivity index (χ2n) is 6.91. The summed E-state index contributed by atoms with van der Waals surface area (Å²) in [7, 11) is 0. The maximum Gasteiger partial charge on any atom is 0.227 e. The highest BCUT2D eigenvalue weighted by molar-refractivity contribution is 5.92. The Hall–Kier alpha value is -1.59. The van der Waals surface area contributed by atoms with Crippen LogP contribution in [0.3, 0.4) is 0 Å². The van der Waals surface area contributed by atoms with Gasteiger partial charge in [0.05, 0.1) is 0 Å². The Morgan fingerprint density at radius 2 is 1.84 bits per heavy atom. The maximum atomic E-state index is 12.3. The van der Waals surface area contributed by atoms with Crippen molar-refractivity contribution in [2.45, 2.75) is 32.1 Å². The Morgan fingerprint density at radius 1 is 1.12 bits per heavy atom. The van der Waals surface area contributed by atoms with Crippen LogP contribution in [0.25, 0.3) is 0 Å². The number of nitrogens with zero attached hydrogens (tertiary/aromatic N) is 1. The van der Waals surface area contributed by atoms with Gasteiger partial charge in [-0.3, -0.25) is 9.59 Å². The number of amides is 2. The molecule has 0 saturated carbocycles. The van der Waals surface area contributed by atoms with Gasteiger partial charge in [-0.05, 0) is 56.8 Å². The predicted molar refractivity (Wildman–Crippen MR) is 102 cm³/mol. The number of hydrogen-bond donors (Lipinski definition) is 2. The van der Waals surface area contributed by atoms with Gasteiger partial charge in [0.1, 0.15) is 0 Å². The van der Waals surface area contributed by atoms with Crippen molar-refractivity contribution in [3.63, 3.8) is 0 Å². The normalized spacial score (nSPS) is 20.8. The highest BCUT2D eigenvalue weighted by Crippen LogP contribution is 2.21. The largest absolute Gasteiger partial charge is 0.343 e. The molecule has 0 bridgehead atoms. The van der Waals surface area contributed by atoms with E-state index in [2.05, 4.69) is 10.6 Å². The fourth-order valence-electron chi connectivity index (χ4n) is 3.60. The third-order valence-electron chi connectivity index (χ3n) is 5.19. The van der Waals surface area contributed by atoms with Crippen LogP contribution in [0, 0.1) is 11.8 Å². The van der Waals surface area contributed by atoms with E-state index in [9.17, 15) is 9.59 Å². The average Bonchev–Trinajstić information content (AvgIpc) is 3.14. The molecule has 2 aliphatic rings. The Bertz CT molecular complexity index is 553. The van der Waals surface area contributed by atoms with Crippen LogP contribution < -0.4 is 10.6 Å². The molecule has 1 aromatic carbocycles. The number of carbonyl (C=O) groups is 2. The Kier molecular flexibility index (Phi) is 7.72. The number of rotatable bonds is 5. The molecule has 2 N–H and O–H groups in total. The van der Waals surface area contributed by atoms with E-state index in [-0.39, 0.29) is 30.1 Å². The first-order chi connectivity index (χ1) is 11.7. The Labute approximate surface area is 155 Å². The second kappa shape index (κ2) is 9.78. The van der Waals surface area contributed by atoms with E-state index in [0.29, 0.717) is 25.4 Å². The van der Waals surface area contributed by atoms with Gasteiger partial charge in [-0.2, -0.15) is 0 Å². The van der Waals surface area contributed by atoms with Gasteiger partial charge in [-0.1, -0.05) is 18.2 Å². The molecule has 0 radical (unpaired) electrons. The van der Waals surface area contributed by atoms with Crippen LogP contribution in [0.4, 0.5) is 5.69 Å². The number of piperidine rings is 1. The molecule has 1 atom stereocenters. The molecular weight excluding hydrogens is 338 g/mol. The van der Waals surface area contributed by atoms with Crippen molar-refractivity contribution in [2.75, 3.05) is 31.5 Å². The van der Waals surface area contributed by atoms with E-state index in [4.69, 9.17) is 0 Å². The van der Waals surface area contributed by atoms with Crippen molar-refractivity contribution >= 4 is 29.9 Å². The summed E-state index contributed by atoms with van der Waals surface area (Å²) in [5.41, 5.74) is 0.839. The van der Waals surface area contributed by atoms with E-state index >= 15 is 0 Å². The number of nitrogens with one attached hydrogen (secondary N) is 2. The lowest BCUT2D eigenvalue weighted by Gasteiger charge is -2.31. The summed E-state index contributed by atoms with van der Waals surface area (Å²) in [6, 6.07) is 9.55. The van der Waals surface area contributed by atoms with Crippen molar-refractivity contribution in [2.24, 2.45) is 11.8 Å². The minimum atomic E-state index is 0. The number of carbonyl (C=O) groups excluding carboxylic acids is 2. The number of halogens is 1. The van der Waals surface area contributed by atoms with Gasteiger partial charge in [0, 0.05) is 31.1 Å². The molecule has 0 spiro atoms. The first-order valence-corrected chi connectivity index (χ1v) is 9.07. The van der Waals surface area contributed by atoms with Gasteiger partial charge < -0.3 is 15.5 Å². The van der Waals surface area contributed by atoms with E-state index in [1.54, 1.807) is 0 Å². The summed E-state index contributed by atoms with van der Waals surface area (Å²) >= 11 is 0. The minimum Gasteiger partial charge on any atom is -0.343 e. The van der Waals surface area contributed by atoms with Crippen LogP contribution in [-0.4, -0.2) is 42.9 Å². The molecular formula is C19H28ClN3O2. The molecule has 2 saturated heterocycles. The van der Waals surface area contributed by atoms with Gasteiger partial charge >= 0.3 is 0 Å². The van der Waals surface area contributed by atoms with Crippen LogP contribution in [0.5, 0.6) is 0 Å². The summed E-state index contributed by atoms with van der Waals surface area (Å²) in [4.78, 5) is 26.6. The molecule has 2 aliphatic heterocycles. The lowest BCUT2D eigenvalue weighted by atomic mass is 9.95. The highest BCUT2D eigenvalue weighted by atomic mass is 35.5. The first kappa shape index (κ1) is 19.7. The standard InChI is InChI=1S/C19H27N3O2.ClH/c23-18(7-6-15-8-11-20-14-15)22-12-9-16(10-13-22)19(24)21-17-4-2-1-3-5-17;/h1-5,15-16,20H,6-14H2,(H,21,24);1H. The topological polar surface area (TPSA) is 61.4 Å². The highest BCUT2D eigenvalue weighted by Gasteiger charge is 2.27. The first-order valence-electron chi connectivity index (χ1n) is 9.07. The Morgan fingerprint density at radius 3 is 2.48 bits per heavy atom. The van der Waals surface area contributed by atoms with Crippen molar-refractivity contribution in [1.82, 2.24) is 10.2 Å². The van der Waals surface area contributed by atoms with E-state index in [1.165, 1.54) is 6.42 Å². The Balaban J connectivity index is 0.00000225. The van der Waals surface area contributed by atoms with Gasteiger partial charge in [0.2, 0.25) is 11.8 Å². The molecule has 0 aromatic heterocycles. The fourth-order valence-corrected chi connectivity index (χ4v) is 3.60. The second-order valence-corrected chi connectivity index (χ2v) is 6.91. The molecule has 5 nitrogen and oxygen atoms in total. The summed E-state index contributed by atoms with van der Waals surface area (Å²) in [5, 5.41) is 6.31. The van der Waals surface area contributed by atoms with Crippen LogP contribution in [-0.2, 0) is 9.59 Å². The van der Waals surface area contributed by atoms with E-state index < -0.39 is 0 Å². The SMILES string of the molecule is Cl.O=C(Nc1ccccc1)C1CCN(C(=O)CCC2CCNC2)CC1. The molecule has 1 unspecified atom stereocenters. The average molecular weight is 366 g/mol. The van der Waals surface area contributed by atoms with E-state index in [0.717, 1.165) is 38.0 Å². The van der Waals surface area contributed by atoms with Crippen LogP contribution >= 0.6 is 12.4 Å². The molecule has 138 valence electrons. The smallest absolute Gasteiger partial charge is 0.227 e. The molecule has 0 aliphatic carbocycles. The molecule has 1 aromatic rings. The van der Waals surface area contributed by atoms with Gasteiger partial charge in [0.15, 0.2) is 0 Å². The monoisotopic (exact) mass is 365 g/mol. The number of benzene rings is 1. The molecule has 25 heavy (non-hydrogen) atoms. The zero-order valence-corrected chi connectivity index (χ0v) is 15.4.